The Morgan fingerprint density at radius 2 is 2.30 bits per heavy atom. The van der Waals surface area contributed by atoms with Gasteiger partial charge in [-0.25, -0.2) is 0 Å². The summed E-state index contributed by atoms with van der Waals surface area (Å²) in [6.45, 7) is 2.18. The third-order valence-corrected chi connectivity index (χ3v) is 5.46. The van der Waals surface area contributed by atoms with Gasteiger partial charge in [0.1, 0.15) is 5.75 Å². The van der Waals surface area contributed by atoms with Crippen molar-refractivity contribution >= 4 is 33.6 Å². The molecule has 0 aromatic heterocycles. The van der Waals surface area contributed by atoms with Gasteiger partial charge in [-0.3, -0.25) is 4.79 Å². The number of thioether (sulfide) groups is 1. The van der Waals surface area contributed by atoms with Crippen molar-refractivity contribution in [3.8, 4) is 5.75 Å². The molecule has 2 unspecified atom stereocenters. The summed E-state index contributed by atoms with van der Waals surface area (Å²) in [5.41, 5.74) is 0.635. The second-order valence-electron chi connectivity index (χ2n) is 4.91. The lowest BCUT2D eigenvalue weighted by Gasteiger charge is -2.14. The first kappa shape index (κ1) is 15.7. The van der Waals surface area contributed by atoms with Crippen molar-refractivity contribution in [3.05, 3.63) is 28.2 Å². The highest BCUT2D eigenvalue weighted by Gasteiger charge is 2.26. The summed E-state index contributed by atoms with van der Waals surface area (Å²) in [6.07, 6.45) is 3.35. The fourth-order valence-corrected chi connectivity index (χ4v) is 4.10. The van der Waals surface area contributed by atoms with E-state index in [9.17, 15) is 4.79 Å². The van der Waals surface area contributed by atoms with Crippen molar-refractivity contribution in [2.45, 2.75) is 37.5 Å². The summed E-state index contributed by atoms with van der Waals surface area (Å²) in [4.78, 5) is 12.4. The Kier molecular flexibility index (Phi) is 5.78. The highest BCUT2D eigenvalue weighted by molar-refractivity contribution is 9.10. The lowest BCUT2D eigenvalue weighted by molar-refractivity contribution is 0.0937. The fraction of sp³-hybridized carbons (Fsp3) is 0.533. The Hall–Kier alpha value is -0.680. The van der Waals surface area contributed by atoms with Crippen LogP contribution in [0.2, 0.25) is 0 Å². The number of methoxy groups -OCH3 is 1. The van der Waals surface area contributed by atoms with Crippen LogP contribution in [0.15, 0.2) is 22.7 Å². The quantitative estimate of drug-likeness (QED) is 0.869. The molecule has 1 aliphatic rings. The second-order valence-corrected chi connectivity index (χ2v) is 7.34. The minimum atomic E-state index is -0.0251. The molecule has 2 atom stereocenters. The molecule has 0 bridgehead atoms. The topological polar surface area (TPSA) is 38.3 Å². The van der Waals surface area contributed by atoms with Gasteiger partial charge in [-0.2, -0.15) is 11.8 Å². The third kappa shape index (κ3) is 3.92. The van der Waals surface area contributed by atoms with Gasteiger partial charge in [0.05, 0.1) is 12.7 Å². The molecule has 2 rings (SSSR count). The molecule has 110 valence electrons. The molecular formula is C15H20BrNO2S. The summed E-state index contributed by atoms with van der Waals surface area (Å²) in [5, 5.41) is 3.83. The first-order valence-corrected chi connectivity index (χ1v) is 8.74. The fourth-order valence-electron chi connectivity index (χ4n) is 2.53. The van der Waals surface area contributed by atoms with Crippen molar-refractivity contribution in [3.63, 3.8) is 0 Å². The molecule has 1 aliphatic carbocycles. The number of carbonyl (C=O) groups excluding carboxylic acids is 1. The maximum atomic E-state index is 12.4. The first-order valence-electron chi connectivity index (χ1n) is 6.90. The van der Waals surface area contributed by atoms with Gasteiger partial charge in [-0.1, -0.05) is 6.92 Å². The number of hydrogen-bond donors (Lipinski definition) is 1. The molecule has 0 aliphatic heterocycles. The van der Waals surface area contributed by atoms with Gasteiger partial charge in [-0.15, -0.1) is 0 Å². The monoisotopic (exact) mass is 357 g/mol. The molecule has 1 saturated carbocycles. The zero-order chi connectivity index (χ0) is 14.5. The highest BCUT2D eigenvalue weighted by Crippen LogP contribution is 2.30. The molecule has 0 spiro atoms. The molecule has 3 nitrogen and oxygen atoms in total. The van der Waals surface area contributed by atoms with Gasteiger partial charge in [-0.05, 0) is 59.1 Å². The smallest absolute Gasteiger partial charge is 0.252 e. The number of ether oxygens (including phenoxy) is 1. The molecule has 20 heavy (non-hydrogen) atoms. The maximum Gasteiger partial charge on any atom is 0.252 e. The Morgan fingerprint density at radius 3 is 3.00 bits per heavy atom. The van der Waals surface area contributed by atoms with Crippen LogP contribution in [0, 0.1) is 0 Å². The SMILES string of the molecule is CCSC1CCC(NC(=O)c2cc(OC)ccc2Br)C1. The van der Waals surface area contributed by atoms with E-state index < -0.39 is 0 Å². The van der Waals surface area contributed by atoms with E-state index in [1.807, 2.05) is 23.9 Å². The van der Waals surface area contributed by atoms with Crippen LogP contribution in [0.3, 0.4) is 0 Å². The summed E-state index contributed by atoms with van der Waals surface area (Å²) in [5.74, 6) is 1.82. The van der Waals surface area contributed by atoms with Crippen molar-refractivity contribution in [1.29, 1.82) is 0 Å². The van der Waals surface area contributed by atoms with Gasteiger partial charge in [0.15, 0.2) is 0 Å². The Labute approximate surface area is 133 Å². The number of amides is 1. The number of carbonyl (C=O) groups is 1. The molecule has 0 heterocycles. The van der Waals surface area contributed by atoms with Crippen molar-refractivity contribution < 1.29 is 9.53 Å². The maximum absolute atomic E-state index is 12.4. The number of halogens is 1. The summed E-state index contributed by atoms with van der Waals surface area (Å²) in [6, 6.07) is 5.75. The molecule has 1 fully saturated rings. The van der Waals surface area contributed by atoms with E-state index in [0.717, 1.165) is 23.1 Å². The number of rotatable bonds is 5. The van der Waals surface area contributed by atoms with Crippen molar-refractivity contribution in [2.24, 2.45) is 0 Å². The summed E-state index contributed by atoms with van der Waals surface area (Å²) < 4.78 is 5.97. The zero-order valence-corrected chi connectivity index (χ0v) is 14.2. The summed E-state index contributed by atoms with van der Waals surface area (Å²) in [7, 11) is 1.61. The van der Waals surface area contributed by atoms with Crippen molar-refractivity contribution in [1.82, 2.24) is 5.32 Å². The molecular weight excluding hydrogens is 338 g/mol. The average molecular weight is 358 g/mol. The third-order valence-electron chi connectivity index (χ3n) is 3.54. The van der Waals surface area contributed by atoms with Gasteiger partial charge in [0.2, 0.25) is 0 Å². The van der Waals surface area contributed by atoms with Crippen LogP contribution in [0.1, 0.15) is 36.5 Å². The van der Waals surface area contributed by atoms with Crippen LogP contribution in [0.25, 0.3) is 0 Å². The molecule has 0 radical (unpaired) electrons. The van der Waals surface area contributed by atoms with E-state index in [2.05, 4.69) is 28.2 Å². The van der Waals surface area contributed by atoms with E-state index in [1.165, 1.54) is 6.42 Å². The predicted molar refractivity (Wildman–Crippen MR) is 87.7 cm³/mol. The largest absolute Gasteiger partial charge is 0.497 e. The van der Waals surface area contributed by atoms with Gasteiger partial charge < -0.3 is 10.1 Å². The van der Waals surface area contributed by atoms with Crippen LogP contribution in [-0.4, -0.2) is 30.1 Å². The Balaban J connectivity index is 1.98. The minimum Gasteiger partial charge on any atom is -0.497 e. The van der Waals surface area contributed by atoms with Crippen LogP contribution >= 0.6 is 27.7 Å². The molecule has 1 aromatic rings. The molecule has 1 amide bonds. The average Bonchev–Trinajstić information content (AvgIpc) is 2.87. The predicted octanol–water partition coefficient (Wildman–Crippen LogP) is 3.86. The Morgan fingerprint density at radius 1 is 1.50 bits per heavy atom. The molecule has 1 N–H and O–H groups in total. The number of benzene rings is 1. The number of hydrogen-bond acceptors (Lipinski definition) is 3. The molecule has 1 aromatic carbocycles. The first-order chi connectivity index (χ1) is 9.63. The lowest BCUT2D eigenvalue weighted by atomic mass is 10.1. The van der Waals surface area contributed by atoms with Gasteiger partial charge in [0, 0.05) is 15.8 Å². The van der Waals surface area contributed by atoms with E-state index in [4.69, 9.17) is 4.74 Å². The Bertz CT molecular complexity index is 481. The molecule has 0 saturated heterocycles. The van der Waals surface area contributed by atoms with Crippen LogP contribution < -0.4 is 10.1 Å². The van der Waals surface area contributed by atoms with Crippen LogP contribution in [0.5, 0.6) is 5.75 Å². The van der Waals surface area contributed by atoms with E-state index in [-0.39, 0.29) is 5.91 Å². The minimum absolute atomic E-state index is 0.0251. The second kappa shape index (κ2) is 7.36. The molecule has 5 heteroatoms. The highest BCUT2D eigenvalue weighted by atomic mass is 79.9. The number of nitrogens with one attached hydrogen (secondary N) is 1. The van der Waals surface area contributed by atoms with Crippen molar-refractivity contribution in [2.75, 3.05) is 12.9 Å². The summed E-state index contributed by atoms with van der Waals surface area (Å²) >= 11 is 5.42. The lowest BCUT2D eigenvalue weighted by Crippen LogP contribution is -2.33. The zero-order valence-electron chi connectivity index (χ0n) is 11.8. The van der Waals surface area contributed by atoms with Crippen LogP contribution in [-0.2, 0) is 0 Å². The van der Waals surface area contributed by atoms with Gasteiger partial charge >= 0.3 is 0 Å². The van der Waals surface area contributed by atoms with Crippen LogP contribution in [0.4, 0.5) is 0 Å². The van der Waals surface area contributed by atoms with E-state index >= 15 is 0 Å². The van der Waals surface area contributed by atoms with E-state index in [0.29, 0.717) is 22.6 Å². The normalized spacial score (nSPS) is 21.8. The van der Waals surface area contributed by atoms with E-state index in [1.54, 1.807) is 13.2 Å². The standard InChI is InChI=1S/C15H20BrNO2S/c1-3-20-12-6-4-10(8-12)17-15(18)13-9-11(19-2)5-7-14(13)16/h5,7,9-10,12H,3-4,6,8H2,1-2H3,(H,17,18). The van der Waals surface area contributed by atoms with Gasteiger partial charge in [0.25, 0.3) is 5.91 Å².